The highest BCUT2D eigenvalue weighted by atomic mass is 16.5. The second kappa shape index (κ2) is 6.21. The van der Waals surface area contributed by atoms with Crippen LogP contribution in [0.3, 0.4) is 0 Å². The highest BCUT2D eigenvalue weighted by Gasteiger charge is 2.11. The van der Waals surface area contributed by atoms with Gasteiger partial charge in [-0.15, -0.1) is 0 Å². The quantitative estimate of drug-likeness (QED) is 0.830. The zero-order valence-electron chi connectivity index (χ0n) is 11.1. The van der Waals surface area contributed by atoms with Gasteiger partial charge in [-0.2, -0.15) is 5.26 Å². The predicted molar refractivity (Wildman–Crippen MR) is 76.9 cm³/mol. The SMILES string of the molecule is CC(N)c1ccc2ccccc2c1OCCCC#N. The lowest BCUT2D eigenvalue weighted by atomic mass is 10.0. The Morgan fingerprint density at radius 3 is 2.79 bits per heavy atom. The van der Waals surface area contributed by atoms with Crippen molar-refractivity contribution >= 4 is 10.8 Å². The van der Waals surface area contributed by atoms with Gasteiger partial charge in [-0.3, -0.25) is 0 Å². The minimum Gasteiger partial charge on any atom is -0.493 e. The average molecular weight is 254 g/mol. The van der Waals surface area contributed by atoms with Gasteiger partial charge in [-0.25, -0.2) is 0 Å². The van der Waals surface area contributed by atoms with Crippen molar-refractivity contribution in [1.82, 2.24) is 0 Å². The molecule has 1 atom stereocenters. The molecule has 1 unspecified atom stereocenters. The molecule has 0 saturated heterocycles. The summed E-state index contributed by atoms with van der Waals surface area (Å²) in [6, 6.07) is 14.2. The van der Waals surface area contributed by atoms with Crippen LogP contribution in [0.2, 0.25) is 0 Å². The molecule has 0 bridgehead atoms. The highest BCUT2D eigenvalue weighted by molar-refractivity contribution is 5.89. The maximum atomic E-state index is 8.55. The Morgan fingerprint density at radius 1 is 1.26 bits per heavy atom. The minimum absolute atomic E-state index is 0.0735. The van der Waals surface area contributed by atoms with Crippen molar-refractivity contribution in [3.63, 3.8) is 0 Å². The van der Waals surface area contributed by atoms with Crippen LogP contribution in [0.25, 0.3) is 10.8 Å². The largest absolute Gasteiger partial charge is 0.493 e. The Morgan fingerprint density at radius 2 is 2.05 bits per heavy atom. The van der Waals surface area contributed by atoms with E-state index in [2.05, 4.69) is 18.2 Å². The molecule has 19 heavy (non-hydrogen) atoms. The number of ether oxygens (including phenoxy) is 1. The molecule has 2 aromatic carbocycles. The van der Waals surface area contributed by atoms with E-state index < -0.39 is 0 Å². The van der Waals surface area contributed by atoms with Gasteiger partial charge >= 0.3 is 0 Å². The summed E-state index contributed by atoms with van der Waals surface area (Å²) in [7, 11) is 0. The standard InChI is InChI=1S/C16H18N2O/c1-12(18)14-9-8-13-6-2-3-7-15(13)16(14)19-11-5-4-10-17/h2-3,6-9,12H,4-5,11,18H2,1H3. The minimum atomic E-state index is -0.0735. The number of nitrogens with two attached hydrogens (primary N) is 1. The Labute approximate surface area is 113 Å². The fraction of sp³-hybridized carbons (Fsp3) is 0.312. The van der Waals surface area contributed by atoms with Crippen LogP contribution in [0, 0.1) is 11.3 Å². The van der Waals surface area contributed by atoms with Gasteiger partial charge in [0, 0.05) is 23.4 Å². The molecule has 0 aliphatic rings. The molecule has 3 heteroatoms. The maximum absolute atomic E-state index is 8.55. The third-order valence-electron chi connectivity index (χ3n) is 3.08. The topological polar surface area (TPSA) is 59.0 Å². The van der Waals surface area contributed by atoms with Crippen molar-refractivity contribution in [2.75, 3.05) is 6.61 Å². The molecule has 0 amide bonds. The molecule has 0 fully saturated rings. The van der Waals surface area contributed by atoms with E-state index in [1.54, 1.807) is 0 Å². The fourth-order valence-corrected chi connectivity index (χ4v) is 2.10. The molecule has 0 aromatic heterocycles. The molecule has 0 spiro atoms. The fourth-order valence-electron chi connectivity index (χ4n) is 2.10. The summed E-state index contributed by atoms with van der Waals surface area (Å²) in [6.45, 7) is 2.49. The second-order valence-electron chi connectivity index (χ2n) is 4.60. The predicted octanol–water partition coefficient (Wildman–Crippen LogP) is 3.54. The zero-order chi connectivity index (χ0) is 13.7. The van der Waals surface area contributed by atoms with Crippen molar-refractivity contribution in [3.05, 3.63) is 42.0 Å². The van der Waals surface area contributed by atoms with Gasteiger partial charge in [-0.1, -0.05) is 36.4 Å². The lowest BCUT2D eigenvalue weighted by molar-refractivity contribution is 0.312. The van der Waals surface area contributed by atoms with Gasteiger partial charge in [0.15, 0.2) is 0 Å². The van der Waals surface area contributed by atoms with E-state index in [0.717, 1.165) is 28.5 Å². The molecule has 2 rings (SSSR count). The number of hydrogen-bond donors (Lipinski definition) is 1. The van der Waals surface area contributed by atoms with E-state index in [0.29, 0.717) is 13.0 Å². The zero-order valence-corrected chi connectivity index (χ0v) is 11.1. The van der Waals surface area contributed by atoms with Gasteiger partial charge in [-0.05, 0) is 18.7 Å². The number of nitriles is 1. The summed E-state index contributed by atoms with van der Waals surface area (Å²) in [6.07, 6.45) is 1.25. The molecule has 2 N–H and O–H groups in total. The average Bonchev–Trinajstić information content (AvgIpc) is 2.43. The normalized spacial score (nSPS) is 12.1. The molecule has 0 radical (unpaired) electrons. The maximum Gasteiger partial charge on any atom is 0.131 e. The number of rotatable bonds is 5. The first kappa shape index (κ1) is 13.4. The molecular formula is C16H18N2O. The van der Waals surface area contributed by atoms with Crippen molar-refractivity contribution in [3.8, 4) is 11.8 Å². The van der Waals surface area contributed by atoms with E-state index in [-0.39, 0.29) is 6.04 Å². The summed E-state index contributed by atoms with van der Waals surface area (Å²) in [5, 5.41) is 10.8. The number of hydrogen-bond acceptors (Lipinski definition) is 3. The van der Waals surface area contributed by atoms with E-state index in [1.807, 2.05) is 31.2 Å². The summed E-state index contributed by atoms with van der Waals surface area (Å²) in [4.78, 5) is 0. The molecule has 2 aromatic rings. The molecule has 0 saturated carbocycles. The molecule has 0 heterocycles. The Bertz CT molecular complexity index is 599. The van der Waals surface area contributed by atoms with E-state index in [9.17, 15) is 0 Å². The van der Waals surface area contributed by atoms with Crippen LogP contribution in [0.1, 0.15) is 31.4 Å². The van der Waals surface area contributed by atoms with Crippen LogP contribution < -0.4 is 10.5 Å². The summed E-state index contributed by atoms with van der Waals surface area (Å²) in [5.41, 5.74) is 7.01. The van der Waals surface area contributed by atoms with E-state index in [1.165, 1.54) is 0 Å². The van der Waals surface area contributed by atoms with Crippen LogP contribution in [0.4, 0.5) is 0 Å². The van der Waals surface area contributed by atoms with Gasteiger partial charge < -0.3 is 10.5 Å². The van der Waals surface area contributed by atoms with Crippen molar-refractivity contribution < 1.29 is 4.74 Å². The van der Waals surface area contributed by atoms with Gasteiger partial charge in [0.25, 0.3) is 0 Å². The van der Waals surface area contributed by atoms with Gasteiger partial charge in [0.05, 0.1) is 12.7 Å². The van der Waals surface area contributed by atoms with Crippen molar-refractivity contribution in [2.24, 2.45) is 5.73 Å². The Kier molecular flexibility index (Phi) is 4.38. The van der Waals surface area contributed by atoms with Crippen LogP contribution >= 0.6 is 0 Å². The Balaban J connectivity index is 2.36. The summed E-state index contributed by atoms with van der Waals surface area (Å²) < 4.78 is 5.88. The number of unbranched alkanes of at least 4 members (excludes halogenated alkanes) is 1. The highest BCUT2D eigenvalue weighted by Crippen LogP contribution is 2.33. The first-order valence-electron chi connectivity index (χ1n) is 6.51. The van der Waals surface area contributed by atoms with Crippen LogP contribution in [0.15, 0.2) is 36.4 Å². The number of benzene rings is 2. The molecular weight excluding hydrogens is 236 g/mol. The first-order chi connectivity index (χ1) is 9.24. The van der Waals surface area contributed by atoms with E-state index >= 15 is 0 Å². The monoisotopic (exact) mass is 254 g/mol. The van der Waals surface area contributed by atoms with Crippen LogP contribution in [0.5, 0.6) is 5.75 Å². The molecule has 0 aliphatic heterocycles. The van der Waals surface area contributed by atoms with Crippen molar-refractivity contribution in [1.29, 1.82) is 5.26 Å². The second-order valence-corrected chi connectivity index (χ2v) is 4.60. The lowest BCUT2D eigenvalue weighted by Gasteiger charge is -2.16. The third kappa shape index (κ3) is 3.04. The number of nitrogens with zero attached hydrogens (tertiary/aromatic N) is 1. The van der Waals surface area contributed by atoms with Crippen LogP contribution in [-0.4, -0.2) is 6.61 Å². The molecule has 0 aliphatic carbocycles. The van der Waals surface area contributed by atoms with Crippen LogP contribution in [-0.2, 0) is 0 Å². The van der Waals surface area contributed by atoms with Gasteiger partial charge in [0.1, 0.15) is 5.75 Å². The molecule has 3 nitrogen and oxygen atoms in total. The van der Waals surface area contributed by atoms with Gasteiger partial charge in [0.2, 0.25) is 0 Å². The van der Waals surface area contributed by atoms with Crippen molar-refractivity contribution in [2.45, 2.75) is 25.8 Å². The molecule has 98 valence electrons. The lowest BCUT2D eigenvalue weighted by Crippen LogP contribution is -2.09. The van der Waals surface area contributed by atoms with E-state index in [4.69, 9.17) is 15.7 Å². The number of fused-ring (bicyclic) bond motifs is 1. The first-order valence-corrected chi connectivity index (χ1v) is 6.51. The summed E-state index contributed by atoms with van der Waals surface area (Å²) in [5.74, 6) is 0.853. The Hall–Kier alpha value is -2.05. The third-order valence-corrected chi connectivity index (χ3v) is 3.08. The summed E-state index contributed by atoms with van der Waals surface area (Å²) >= 11 is 0. The smallest absolute Gasteiger partial charge is 0.131 e.